The highest BCUT2D eigenvalue weighted by atomic mass is 32.1. The molecule has 1 unspecified atom stereocenters. The van der Waals surface area contributed by atoms with Crippen LogP contribution in [-0.4, -0.2) is 23.8 Å². The number of carbonyl (C=O) groups is 1. The fourth-order valence-corrected chi connectivity index (χ4v) is 3.13. The van der Waals surface area contributed by atoms with Crippen LogP contribution in [0.25, 0.3) is 0 Å². The SMILES string of the molecule is CCOC(=O)c1ccc(N=CC(C#N)c2nc(C3CC3)cs2)cc1. The van der Waals surface area contributed by atoms with Crippen LogP contribution in [0.15, 0.2) is 34.6 Å². The second kappa shape index (κ2) is 7.37. The fourth-order valence-electron chi connectivity index (χ4n) is 2.22. The first-order chi connectivity index (χ1) is 11.7. The molecule has 0 saturated heterocycles. The second-order valence-electron chi connectivity index (χ2n) is 5.54. The monoisotopic (exact) mass is 339 g/mol. The van der Waals surface area contributed by atoms with Gasteiger partial charge in [-0.15, -0.1) is 11.3 Å². The number of nitrogens with zero attached hydrogens (tertiary/aromatic N) is 3. The zero-order valence-electron chi connectivity index (χ0n) is 13.3. The summed E-state index contributed by atoms with van der Waals surface area (Å²) in [6.07, 6.45) is 4.00. The van der Waals surface area contributed by atoms with E-state index in [1.54, 1.807) is 37.4 Å². The van der Waals surface area contributed by atoms with Crippen molar-refractivity contribution < 1.29 is 9.53 Å². The molecule has 1 aliphatic rings. The normalized spacial score (nSPS) is 15.2. The van der Waals surface area contributed by atoms with Crippen molar-refractivity contribution in [3.05, 3.63) is 45.9 Å². The van der Waals surface area contributed by atoms with Gasteiger partial charge in [0.15, 0.2) is 0 Å². The van der Waals surface area contributed by atoms with Gasteiger partial charge >= 0.3 is 5.97 Å². The average molecular weight is 339 g/mol. The van der Waals surface area contributed by atoms with Crippen molar-refractivity contribution in [3.63, 3.8) is 0 Å². The van der Waals surface area contributed by atoms with Crippen molar-refractivity contribution in [2.24, 2.45) is 4.99 Å². The summed E-state index contributed by atoms with van der Waals surface area (Å²) in [7, 11) is 0. The van der Waals surface area contributed by atoms with Gasteiger partial charge in [-0.3, -0.25) is 4.99 Å². The van der Waals surface area contributed by atoms with Gasteiger partial charge in [0.2, 0.25) is 0 Å². The maximum atomic E-state index is 11.6. The van der Waals surface area contributed by atoms with E-state index < -0.39 is 5.92 Å². The summed E-state index contributed by atoms with van der Waals surface area (Å²) in [4.78, 5) is 20.5. The third-order valence-corrected chi connectivity index (χ3v) is 4.64. The molecule has 1 saturated carbocycles. The van der Waals surface area contributed by atoms with E-state index in [2.05, 4.69) is 16.0 Å². The standard InChI is InChI=1S/C18H17N3O2S/c1-2-23-18(22)13-5-7-15(8-6-13)20-10-14(9-19)17-21-16(11-24-17)12-3-4-12/h5-8,10-12,14H,2-4H2,1H3. The summed E-state index contributed by atoms with van der Waals surface area (Å²) in [6.45, 7) is 2.12. The lowest BCUT2D eigenvalue weighted by molar-refractivity contribution is 0.0526. The number of hydrogen-bond donors (Lipinski definition) is 0. The molecule has 2 aromatic rings. The number of benzene rings is 1. The minimum absolute atomic E-state index is 0.346. The fraction of sp³-hybridized carbons (Fsp3) is 0.333. The van der Waals surface area contributed by atoms with E-state index in [0.29, 0.717) is 23.8 Å². The Labute approximate surface area is 144 Å². The zero-order chi connectivity index (χ0) is 16.9. The van der Waals surface area contributed by atoms with E-state index in [1.165, 1.54) is 24.2 Å². The number of carbonyl (C=O) groups excluding carboxylic acids is 1. The number of aliphatic imine (C=N–C) groups is 1. The summed E-state index contributed by atoms with van der Waals surface area (Å²) in [6, 6.07) is 9.03. The summed E-state index contributed by atoms with van der Waals surface area (Å²) in [5.74, 6) is -0.216. The van der Waals surface area contributed by atoms with E-state index in [-0.39, 0.29) is 5.97 Å². The number of ether oxygens (including phenoxy) is 1. The van der Waals surface area contributed by atoms with Crippen LogP contribution in [0.5, 0.6) is 0 Å². The van der Waals surface area contributed by atoms with Crippen molar-refractivity contribution >= 4 is 29.2 Å². The second-order valence-corrected chi connectivity index (χ2v) is 6.43. The maximum absolute atomic E-state index is 11.6. The van der Waals surface area contributed by atoms with Gasteiger partial charge in [0.1, 0.15) is 10.9 Å². The van der Waals surface area contributed by atoms with Crippen molar-refractivity contribution in [2.45, 2.75) is 31.6 Å². The average Bonchev–Trinajstić information content (AvgIpc) is 3.34. The lowest BCUT2D eigenvalue weighted by atomic mass is 10.2. The molecule has 122 valence electrons. The van der Waals surface area contributed by atoms with Crippen molar-refractivity contribution in [3.8, 4) is 6.07 Å². The molecule has 0 amide bonds. The molecule has 1 aromatic carbocycles. The minimum atomic E-state index is -0.452. The summed E-state index contributed by atoms with van der Waals surface area (Å²) in [5, 5.41) is 12.2. The lowest BCUT2D eigenvalue weighted by Crippen LogP contribution is -2.03. The predicted molar refractivity (Wildman–Crippen MR) is 93.0 cm³/mol. The van der Waals surface area contributed by atoms with Crippen LogP contribution in [0.2, 0.25) is 0 Å². The molecular formula is C18H17N3O2S. The number of thiazole rings is 1. The molecule has 1 atom stereocenters. The molecule has 1 aromatic heterocycles. The van der Waals surface area contributed by atoms with Crippen LogP contribution in [-0.2, 0) is 4.74 Å². The van der Waals surface area contributed by atoms with Gasteiger partial charge in [-0.05, 0) is 44.0 Å². The van der Waals surface area contributed by atoms with E-state index in [1.807, 2.05) is 5.38 Å². The van der Waals surface area contributed by atoms with Crippen molar-refractivity contribution in [1.82, 2.24) is 4.98 Å². The Bertz CT molecular complexity index is 785. The number of hydrogen-bond acceptors (Lipinski definition) is 6. The molecule has 0 bridgehead atoms. The van der Waals surface area contributed by atoms with E-state index in [4.69, 9.17) is 4.74 Å². The highest BCUT2D eigenvalue weighted by Crippen LogP contribution is 2.40. The third-order valence-electron chi connectivity index (χ3n) is 3.69. The van der Waals surface area contributed by atoms with Crippen molar-refractivity contribution in [1.29, 1.82) is 5.26 Å². The Morgan fingerprint density at radius 3 is 2.88 bits per heavy atom. The van der Waals surface area contributed by atoms with Gasteiger partial charge in [-0.2, -0.15) is 5.26 Å². The largest absolute Gasteiger partial charge is 0.462 e. The van der Waals surface area contributed by atoms with Gasteiger partial charge in [0.05, 0.1) is 29.6 Å². The first-order valence-corrected chi connectivity index (χ1v) is 8.75. The molecular weight excluding hydrogens is 322 g/mol. The van der Waals surface area contributed by atoms with Gasteiger partial charge in [-0.1, -0.05) is 0 Å². The van der Waals surface area contributed by atoms with E-state index in [0.717, 1.165) is 10.7 Å². The summed E-state index contributed by atoms with van der Waals surface area (Å²) >= 11 is 1.51. The molecule has 0 N–H and O–H groups in total. The minimum Gasteiger partial charge on any atom is -0.462 e. The molecule has 3 rings (SSSR count). The van der Waals surface area contributed by atoms with Crippen LogP contribution in [0.4, 0.5) is 5.69 Å². The Morgan fingerprint density at radius 1 is 1.50 bits per heavy atom. The first kappa shape index (κ1) is 16.3. The lowest BCUT2D eigenvalue weighted by Gasteiger charge is -2.02. The topological polar surface area (TPSA) is 75.3 Å². The number of rotatable bonds is 6. The Hall–Kier alpha value is -2.52. The molecule has 6 heteroatoms. The van der Waals surface area contributed by atoms with E-state index >= 15 is 0 Å². The van der Waals surface area contributed by atoms with Crippen LogP contribution in [0.1, 0.15) is 52.7 Å². The molecule has 0 radical (unpaired) electrons. The Morgan fingerprint density at radius 2 is 2.25 bits per heavy atom. The Kier molecular flexibility index (Phi) is 5.02. The number of esters is 1. The van der Waals surface area contributed by atoms with Crippen LogP contribution < -0.4 is 0 Å². The quantitative estimate of drug-likeness (QED) is 0.583. The molecule has 24 heavy (non-hydrogen) atoms. The van der Waals surface area contributed by atoms with Crippen LogP contribution in [0, 0.1) is 11.3 Å². The highest BCUT2D eigenvalue weighted by molar-refractivity contribution is 7.09. The molecule has 1 fully saturated rings. The van der Waals surface area contributed by atoms with Gasteiger partial charge in [0.25, 0.3) is 0 Å². The van der Waals surface area contributed by atoms with Crippen LogP contribution in [0.3, 0.4) is 0 Å². The van der Waals surface area contributed by atoms with Crippen LogP contribution >= 0.6 is 11.3 Å². The summed E-state index contributed by atoms with van der Waals surface area (Å²) < 4.78 is 4.94. The smallest absolute Gasteiger partial charge is 0.338 e. The predicted octanol–water partition coefficient (Wildman–Crippen LogP) is 4.21. The van der Waals surface area contributed by atoms with Gasteiger partial charge in [-0.25, -0.2) is 9.78 Å². The highest BCUT2D eigenvalue weighted by Gasteiger charge is 2.27. The maximum Gasteiger partial charge on any atom is 0.338 e. The Balaban J connectivity index is 1.68. The molecule has 0 aliphatic heterocycles. The first-order valence-electron chi connectivity index (χ1n) is 7.87. The molecule has 5 nitrogen and oxygen atoms in total. The van der Waals surface area contributed by atoms with Crippen molar-refractivity contribution in [2.75, 3.05) is 6.61 Å². The third kappa shape index (κ3) is 3.87. The van der Waals surface area contributed by atoms with Gasteiger partial charge in [0, 0.05) is 17.5 Å². The molecule has 1 aliphatic carbocycles. The number of aromatic nitrogens is 1. The van der Waals surface area contributed by atoms with E-state index in [9.17, 15) is 10.1 Å². The number of nitriles is 1. The van der Waals surface area contributed by atoms with Gasteiger partial charge < -0.3 is 4.74 Å². The zero-order valence-corrected chi connectivity index (χ0v) is 14.1. The summed E-state index contributed by atoms with van der Waals surface area (Å²) in [5.41, 5.74) is 2.27. The molecule has 0 spiro atoms. The molecule has 1 heterocycles.